The van der Waals surface area contributed by atoms with E-state index in [1.807, 2.05) is 0 Å². The van der Waals surface area contributed by atoms with Crippen molar-refractivity contribution >= 4 is 5.69 Å². The van der Waals surface area contributed by atoms with Crippen LogP contribution in [0.15, 0.2) is 48.5 Å². The lowest BCUT2D eigenvalue weighted by Gasteiger charge is -2.08. The normalized spacial score (nSPS) is 10.7. The second-order valence-corrected chi connectivity index (χ2v) is 6.03. The van der Waals surface area contributed by atoms with Crippen LogP contribution in [0.4, 0.5) is 5.69 Å². The second-order valence-electron chi connectivity index (χ2n) is 6.03. The highest BCUT2D eigenvalue weighted by Gasteiger charge is 1.99. The van der Waals surface area contributed by atoms with Crippen LogP contribution in [-0.2, 0) is 6.42 Å². The average Bonchev–Trinajstić information content (AvgIpc) is 2.60. The van der Waals surface area contributed by atoms with E-state index >= 15 is 0 Å². The molecule has 0 saturated heterocycles. The molecule has 2 aromatic carbocycles. The molecule has 0 amide bonds. The summed E-state index contributed by atoms with van der Waals surface area (Å²) in [6.07, 6.45) is 5.81. The number of hydrogen-bond donors (Lipinski definition) is 4. The lowest BCUT2D eigenvalue weighted by atomic mass is 10.1. The van der Waals surface area contributed by atoms with Crippen molar-refractivity contribution in [3.63, 3.8) is 0 Å². The molecule has 0 spiro atoms. The molecule has 4 nitrogen and oxygen atoms in total. The Kier molecular flexibility index (Phi) is 7.98. The highest BCUT2D eigenvalue weighted by Crippen LogP contribution is 2.27. The van der Waals surface area contributed by atoms with E-state index in [1.54, 1.807) is 12.1 Å². The third kappa shape index (κ3) is 6.92. The first kappa shape index (κ1) is 18.1. The Morgan fingerprint density at radius 2 is 1.46 bits per heavy atom. The van der Waals surface area contributed by atoms with Crippen LogP contribution >= 0.6 is 0 Å². The van der Waals surface area contributed by atoms with Gasteiger partial charge in [-0.05, 0) is 50.0 Å². The van der Waals surface area contributed by atoms with Crippen LogP contribution in [0.3, 0.4) is 0 Å². The molecule has 0 aromatic heterocycles. The molecule has 0 saturated carbocycles. The number of unbranched alkanes of at least 4 members (excludes halogenated alkanes) is 3. The zero-order chi connectivity index (χ0) is 17.0. The van der Waals surface area contributed by atoms with Crippen LogP contribution < -0.4 is 10.6 Å². The van der Waals surface area contributed by atoms with E-state index in [0.717, 1.165) is 38.2 Å². The van der Waals surface area contributed by atoms with Gasteiger partial charge in [0.2, 0.25) is 0 Å². The summed E-state index contributed by atoms with van der Waals surface area (Å²) < 4.78 is 0. The molecule has 0 aliphatic carbocycles. The van der Waals surface area contributed by atoms with Crippen molar-refractivity contribution < 1.29 is 10.2 Å². The summed E-state index contributed by atoms with van der Waals surface area (Å²) in [5, 5.41) is 25.4. The molecule has 0 unspecified atom stereocenters. The summed E-state index contributed by atoms with van der Waals surface area (Å²) in [4.78, 5) is 0. The molecule has 0 bridgehead atoms. The molecule has 0 aliphatic rings. The smallest absolute Gasteiger partial charge is 0.159 e. The summed E-state index contributed by atoms with van der Waals surface area (Å²) >= 11 is 0. The van der Waals surface area contributed by atoms with E-state index in [-0.39, 0.29) is 11.5 Å². The Labute approximate surface area is 144 Å². The molecule has 130 valence electrons. The molecule has 0 heterocycles. The largest absolute Gasteiger partial charge is 0.504 e. The number of phenolic OH excluding ortho intramolecular Hbond substituents is 2. The van der Waals surface area contributed by atoms with Crippen molar-refractivity contribution in [1.82, 2.24) is 5.32 Å². The zero-order valence-corrected chi connectivity index (χ0v) is 14.2. The third-order valence-corrected chi connectivity index (χ3v) is 4.02. The number of rotatable bonds is 11. The van der Waals surface area contributed by atoms with E-state index in [4.69, 9.17) is 0 Å². The van der Waals surface area contributed by atoms with Gasteiger partial charge < -0.3 is 20.8 Å². The topological polar surface area (TPSA) is 64.5 Å². The summed E-state index contributed by atoms with van der Waals surface area (Å²) in [5.74, 6) is -0.165. The Morgan fingerprint density at radius 3 is 2.21 bits per heavy atom. The Bertz CT molecular complexity index is 587. The molecule has 0 radical (unpaired) electrons. The first-order chi connectivity index (χ1) is 11.8. The van der Waals surface area contributed by atoms with Crippen molar-refractivity contribution in [3.05, 3.63) is 54.1 Å². The fourth-order valence-electron chi connectivity index (χ4n) is 2.60. The molecule has 0 aliphatic heterocycles. The van der Waals surface area contributed by atoms with E-state index in [9.17, 15) is 10.2 Å². The van der Waals surface area contributed by atoms with Crippen molar-refractivity contribution in [1.29, 1.82) is 0 Å². The number of phenols is 2. The molecule has 2 rings (SSSR count). The van der Waals surface area contributed by atoms with Crippen LogP contribution in [0.2, 0.25) is 0 Å². The van der Waals surface area contributed by atoms with Crippen molar-refractivity contribution in [2.75, 3.05) is 25.0 Å². The molecule has 2 aromatic rings. The van der Waals surface area contributed by atoms with Crippen molar-refractivity contribution in [3.8, 4) is 11.5 Å². The Morgan fingerprint density at radius 1 is 0.708 bits per heavy atom. The van der Waals surface area contributed by atoms with Gasteiger partial charge in [0.1, 0.15) is 0 Å². The minimum Gasteiger partial charge on any atom is -0.504 e. The van der Waals surface area contributed by atoms with Gasteiger partial charge in [-0.3, -0.25) is 0 Å². The predicted octanol–water partition coefficient (Wildman–Crippen LogP) is 3.90. The molecule has 4 heteroatoms. The summed E-state index contributed by atoms with van der Waals surface area (Å²) in [6, 6.07) is 15.4. The number of hydrogen-bond acceptors (Lipinski definition) is 4. The zero-order valence-electron chi connectivity index (χ0n) is 14.2. The van der Waals surface area contributed by atoms with Gasteiger partial charge in [-0.15, -0.1) is 0 Å². The highest BCUT2D eigenvalue weighted by molar-refractivity contribution is 5.53. The van der Waals surface area contributed by atoms with Gasteiger partial charge in [0, 0.05) is 18.3 Å². The SMILES string of the molecule is Oc1ccc(NCCCCCCNCCc2ccccc2)cc1O. The quantitative estimate of drug-likeness (QED) is 0.287. The van der Waals surface area contributed by atoms with Crippen LogP contribution in [0.25, 0.3) is 0 Å². The number of aromatic hydroxyl groups is 2. The van der Waals surface area contributed by atoms with Crippen LogP contribution in [0.5, 0.6) is 11.5 Å². The molecule has 4 N–H and O–H groups in total. The maximum atomic E-state index is 9.42. The van der Waals surface area contributed by atoms with E-state index in [0.29, 0.717) is 0 Å². The monoisotopic (exact) mass is 328 g/mol. The second kappa shape index (κ2) is 10.6. The van der Waals surface area contributed by atoms with E-state index in [2.05, 4.69) is 41.0 Å². The maximum absolute atomic E-state index is 9.42. The fourth-order valence-corrected chi connectivity index (χ4v) is 2.60. The first-order valence-corrected chi connectivity index (χ1v) is 8.76. The predicted molar refractivity (Wildman–Crippen MR) is 99.7 cm³/mol. The summed E-state index contributed by atoms with van der Waals surface area (Å²) in [5.41, 5.74) is 2.23. The third-order valence-electron chi connectivity index (χ3n) is 4.02. The molecule has 0 fully saturated rings. The van der Waals surface area contributed by atoms with Gasteiger partial charge in [0.15, 0.2) is 11.5 Å². The lowest BCUT2D eigenvalue weighted by molar-refractivity contribution is 0.404. The van der Waals surface area contributed by atoms with E-state index < -0.39 is 0 Å². The Balaban J connectivity index is 1.42. The van der Waals surface area contributed by atoms with Gasteiger partial charge in [0.05, 0.1) is 0 Å². The van der Waals surface area contributed by atoms with Crippen LogP contribution in [0.1, 0.15) is 31.2 Å². The fraction of sp³-hybridized carbons (Fsp3) is 0.400. The van der Waals surface area contributed by atoms with Crippen LogP contribution in [0, 0.1) is 0 Å². The summed E-state index contributed by atoms with van der Waals surface area (Å²) in [7, 11) is 0. The Hall–Kier alpha value is -2.20. The molecule has 0 atom stereocenters. The number of nitrogens with one attached hydrogen (secondary N) is 2. The highest BCUT2D eigenvalue weighted by atomic mass is 16.3. The number of anilines is 1. The van der Waals surface area contributed by atoms with Crippen molar-refractivity contribution in [2.45, 2.75) is 32.1 Å². The van der Waals surface area contributed by atoms with Gasteiger partial charge >= 0.3 is 0 Å². The summed E-state index contributed by atoms with van der Waals surface area (Å²) in [6.45, 7) is 2.99. The minimum atomic E-state index is -0.0830. The maximum Gasteiger partial charge on any atom is 0.159 e. The first-order valence-electron chi connectivity index (χ1n) is 8.76. The molecular weight excluding hydrogens is 300 g/mol. The van der Waals surface area contributed by atoms with Gasteiger partial charge in [-0.2, -0.15) is 0 Å². The standard InChI is InChI=1S/C20H28N2O2/c23-19-11-10-18(16-20(19)24)22-14-7-2-1-6-13-21-15-12-17-8-4-3-5-9-17/h3-5,8-11,16,21-24H,1-2,6-7,12-15H2. The average molecular weight is 328 g/mol. The van der Waals surface area contributed by atoms with Gasteiger partial charge in [-0.1, -0.05) is 43.2 Å². The molecule has 24 heavy (non-hydrogen) atoms. The van der Waals surface area contributed by atoms with Crippen molar-refractivity contribution in [2.24, 2.45) is 0 Å². The van der Waals surface area contributed by atoms with Crippen LogP contribution in [-0.4, -0.2) is 29.8 Å². The minimum absolute atomic E-state index is 0.0819. The van der Waals surface area contributed by atoms with E-state index in [1.165, 1.54) is 30.9 Å². The van der Waals surface area contributed by atoms with Gasteiger partial charge in [-0.25, -0.2) is 0 Å². The van der Waals surface area contributed by atoms with Gasteiger partial charge in [0.25, 0.3) is 0 Å². The number of benzene rings is 2. The lowest BCUT2D eigenvalue weighted by Crippen LogP contribution is -2.18. The molecular formula is C20H28N2O2.